The molecule has 0 saturated carbocycles. The van der Waals surface area contributed by atoms with E-state index in [0.717, 1.165) is 114 Å². The molecule has 93 heavy (non-hydrogen) atoms. The SMILES string of the molecule is CCC(C)CCCCCCCCCCC(=O)OC[C@H](COP(=O)(O)OCC(O)COP(=O)(O)OC[C@@H](COC(=O)CCCCCCCCCC(C)C)OC(=O)CCCCCCCCCCCC(C)C)OC(=O)CCCCCCCCCCCCCCCCCCC(C)C. The molecule has 552 valence electrons. The Labute approximate surface area is 568 Å². The van der Waals surface area contributed by atoms with Crippen LogP contribution >= 0.6 is 15.6 Å². The molecule has 0 aliphatic heterocycles. The first-order valence-corrected chi connectivity index (χ1v) is 41.2. The lowest BCUT2D eigenvalue weighted by atomic mass is 9.99. The zero-order valence-corrected chi connectivity index (χ0v) is 62.7. The third-order valence-electron chi connectivity index (χ3n) is 17.4. The molecule has 0 aliphatic rings. The van der Waals surface area contributed by atoms with Crippen LogP contribution in [0.3, 0.4) is 0 Å². The average Bonchev–Trinajstić information content (AvgIpc) is 2.90. The van der Waals surface area contributed by atoms with Gasteiger partial charge in [0.15, 0.2) is 12.2 Å². The fourth-order valence-electron chi connectivity index (χ4n) is 11.2. The molecule has 0 aliphatic carbocycles. The summed E-state index contributed by atoms with van der Waals surface area (Å²) in [6.07, 6.45) is 47.3. The van der Waals surface area contributed by atoms with Gasteiger partial charge in [-0.3, -0.25) is 37.3 Å². The van der Waals surface area contributed by atoms with Gasteiger partial charge in [0.05, 0.1) is 26.4 Å². The van der Waals surface area contributed by atoms with E-state index in [-0.39, 0.29) is 25.7 Å². The number of hydrogen-bond donors (Lipinski definition) is 3. The van der Waals surface area contributed by atoms with Crippen molar-refractivity contribution in [2.24, 2.45) is 23.7 Å². The lowest BCUT2D eigenvalue weighted by Gasteiger charge is -2.21. The van der Waals surface area contributed by atoms with Crippen molar-refractivity contribution >= 4 is 39.5 Å². The first kappa shape index (κ1) is 91.1. The van der Waals surface area contributed by atoms with Gasteiger partial charge < -0.3 is 33.8 Å². The molecule has 0 aromatic heterocycles. The standard InChI is InChI=1S/C74H144O17P2/c1-9-67(8)53-45-37-29-23-24-30-38-46-54-71(76)84-60-69(90-73(78)56-48-40-31-21-17-15-13-11-10-12-14-16-19-26-34-42-50-64(2)3)62-88-92(80,81)86-58-68(75)59-87-93(82,83)89-63-70(61-85-72(77)55-47-39-33-25-28-36-44-52-66(6)7)91-74(79)57-49-41-32-22-18-20-27-35-43-51-65(4)5/h64-70,75H,9-63H2,1-8H3,(H,80,81)(H,82,83)/t67?,68?,69-,70-/m1/s1. The van der Waals surface area contributed by atoms with E-state index in [0.29, 0.717) is 31.6 Å². The fraction of sp³-hybridized carbons (Fsp3) is 0.946. The molecular formula is C74H144O17P2. The summed E-state index contributed by atoms with van der Waals surface area (Å²) in [5, 5.41) is 10.6. The third-order valence-corrected chi connectivity index (χ3v) is 19.3. The second-order valence-corrected chi connectivity index (χ2v) is 31.3. The zero-order valence-electron chi connectivity index (χ0n) is 60.9. The van der Waals surface area contributed by atoms with Crippen molar-refractivity contribution in [3.8, 4) is 0 Å². The van der Waals surface area contributed by atoms with E-state index < -0.39 is 97.5 Å². The minimum Gasteiger partial charge on any atom is -0.462 e. The third kappa shape index (κ3) is 67.0. The van der Waals surface area contributed by atoms with Crippen molar-refractivity contribution in [1.29, 1.82) is 0 Å². The predicted molar refractivity (Wildman–Crippen MR) is 377 cm³/mol. The summed E-state index contributed by atoms with van der Waals surface area (Å²) in [6, 6.07) is 0. The first-order valence-electron chi connectivity index (χ1n) is 38.2. The van der Waals surface area contributed by atoms with Crippen LogP contribution in [0.1, 0.15) is 370 Å². The normalized spacial score (nSPS) is 14.5. The molecule has 3 N–H and O–H groups in total. The second kappa shape index (κ2) is 63.5. The number of esters is 4. The number of aliphatic hydroxyl groups excluding tert-OH is 1. The monoisotopic (exact) mass is 1370 g/mol. The molecular weight excluding hydrogens is 1220 g/mol. The molecule has 0 amide bonds. The van der Waals surface area contributed by atoms with Crippen LogP contribution in [-0.2, 0) is 65.4 Å². The summed E-state index contributed by atoms with van der Waals surface area (Å²) in [7, 11) is -9.91. The molecule has 4 unspecified atom stereocenters. The highest BCUT2D eigenvalue weighted by Crippen LogP contribution is 2.45. The number of carbonyl (C=O) groups is 4. The van der Waals surface area contributed by atoms with E-state index in [1.165, 1.54) is 167 Å². The molecule has 0 aromatic carbocycles. The minimum absolute atomic E-state index is 0.104. The molecule has 0 bridgehead atoms. The number of phosphoric acid groups is 2. The van der Waals surface area contributed by atoms with E-state index in [4.69, 9.17) is 37.0 Å². The van der Waals surface area contributed by atoms with Crippen LogP contribution in [-0.4, -0.2) is 96.7 Å². The molecule has 0 saturated heterocycles. The zero-order chi connectivity index (χ0) is 68.9. The fourth-order valence-corrected chi connectivity index (χ4v) is 12.7. The lowest BCUT2D eigenvalue weighted by molar-refractivity contribution is -0.161. The Morgan fingerprint density at radius 3 is 0.763 bits per heavy atom. The number of unbranched alkanes of at least 4 members (excludes halogenated alkanes) is 36. The summed E-state index contributed by atoms with van der Waals surface area (Å²) < 4.78 is 68.4. The topological polar surface area (TPSA) is 237 Å². The number of phosphoric ester groups is 2. The van der Waals surface area contributed by atoms with Gasteiger partial charge in [0.25, 0.3) is 0 Å². The van der Waals surface area contributed by atoms with Crippen molar-refractivity contribution < 1.29 is 80.2 Å². The highest BCUT2D eigenvalue weighted by molar-refractivity contribution is 7.47. The highest BCUT2D eigenvalue weighted by atomic mass is 31.2. The summed E-state index contributed by atoms with van der Waals surface area (Å²) >= 11 is 0. The van der Waals surface area contributed by atoms with Gasteiger partial charge in [0.1, 0.15) is 19.3 Å². The van der Waals surface area contributed by atoms with Gasteiger partial charge in [0.2, 0.25) is 0 Å². The van der Waals surface area contributed by atoms with E-state index in [1.54, 1.807) is 0 Å². The molecule has 19 heteroatoms. The number of aliphatic hydroxyl groups is 1. The number of rotatable bonds is 71. The highest BCUT2D eigenvalue weighted by Gasteiger charge is 2.30. The molecule has 0 rings (SSSR count). The van der Waals surface area contributed by atoms with Gasteiger partial charge in [-0.15, -0.1) is 0 Å². The maximum atomic E-state index is 13.1. The van der Waals surface area contributed by atoms with Crippen LogP contribution in [0.5, 0.6) is 0 Å². The Balaban J connectivity index is 5.23. The minimum atomic E-state index is -4.96. The Hall–Kier alpha value is -1.94. The Morgan fingerprint density at radius 1 is 0.301 bits per heavy atom. The van der Waals surface area contributed by atoms with Crippen molar-refractivity contribution in [3.63, 3.8) is 0 Å². The molecule has 0 radical (unpaired) electrons. The van der Waals surface area contributed by atoms with E-state index in [9.17, 15) is 43.2 Å². The largest absolute Gasteiger partial charge is 0.472 e. The molecule has 17 nitrogen and oxygen atoms in total. The average molecular weight is 1370 g/mol. The van der Waals surface area contributed by atoms with E-state index in [2.05, 4.69) is 55.4 Å². The Morgan fingerprint density at radius 2 is 0.516 bits per heavy atom. The van der Waals surface area contributed by atoms with E-state index >= 15 is 0 Å². The van der Waals surface area contributed by atoms with Gasteiger partial charge in [-0.1, -0.05) is 319 Å². The predicted octanol–water partition coefficient (Wildman–Crippen LogP) is 21.3. The van der Waals surface area contributed by atoms with Gasteiger partial charge in [-0.05, 0) is 49.4 Å². The van der Waals surface area contributed by atoms with Crippen LogP contribution in [0.15, 0.2) is 0 Å². The number of hydrogen-bond acceptors (Lipinski definition) is 15. The quantitative estimate of drug-likeness (QED) is 0.0222. The summed E-state index contributed by atoms with van der Waals surface area (Å²) in [4.78, 5) is 72.7. The smallest absolute Gasteiger partial charge is 0.462 e. The van der Waals surface area contributed by atoms with Crippen LogP contribution in [0.25, 0.3) is 0 Å². The van der Waals surface area contributed by atoms with Gasteiger partial charge in [-0.25, -0.2) is 9.13 Å². The van der Waals surface area contributed by atoms with Gasteiger partial charge >= 0.3 is 39.5 Å². The maximum Gasteiger partial charge on any atom is 0.472 e. The number of carbonyl (C=O) groups excluding carboxylic acids is 4. The summed E-state index contributed by atoms with van der Waals surface area (Å²) in [5.41, 5.74) is 0. The van der Waals surface area contributed by atoms with Gasteiger partial charge in [0, 0.05) is 25.7 Å². The van der Waals surface area contributed by atoms with Crippen LogP contribution in [0.4, 0.5) is 0 Å². The maximum absolute atomic E-state index is 13.1. The van der Waals surface area contributed by atoms with Crippen LogP contribution in [0.2, 0.25) is 0 Å². The summed E-state index contributed by atoms with van der Waals surface area (Å²) in [5.74, 6) is 0.903. The molecule has 0 fully saturated rings. The van der Waals surface area contributed by atoms with Crippen molar-refractivity contribution in [2.45, 2.75) is 388 Å². The Kier molecular flexibility index (Phi) is 62.2. The molecule has 0 spiro atoms. The van der Waals surface area contributed by atoms with Gasteiger partial charge in [-0.2, -0.15) is 0 Å². The lowest BCUT2D eigenvalue weighted by Crippen LogP contribution is -2.30. The summed E-state index contributed by atoms with van der Waals surface area (Å²) in [6.45, 7) is 14.1. The Bertz CT molecular complexity index is 1840. The molecule has 0 heterocycles. The van der Waals surface area contributed by atoms with Crippen molar-refractivity contribution in [1.82, 2.24) is 0 Å². The first-order chi connectivity index (χ1) is 44.6. The van der Waals surface area contributed by atoms with Crippen LogP contribution < -0.4 is 0 Å². The second-order valence-electron chi connectivity index (χ2n) is 28.4. The van der Waals surface area contributed by atoms with Crippen molar-refractivity contribution in [2.75, 3.05) is 39.6 Å². The van der Waals surface area contributed by atoms with E-state index in [1.807, 2.05) is 0 Å². The van der Waals surface area contributed by atoms with Crippen LogP contribution in [0, 0.1) is 23.7 Å². The molecule has 6 atom stereocenters. The van der Waals surface area contributed by atoms with Crippen molar-refractivity contribution in [3.05, 3.63) is 0 Å². The number of ether oxygens (including phenoxy) is 4. The molecule has 0 aromatic rings.